The highest BCUT2D eigenvalue weighted by Gasteiger charge is 2.15. The van der Waals surface area contributed by atoms with Gasteiger partial charge in [0.15, 0.2) is 17.3 Å². The fourth-order valence-electron chi connectivity index (χ4n) is 2.84. The Morgan fingerprint density at radius 3 is 2.58 bits per heavy atom. The molecule has 0 fully saturated rings. The number of rotatable bonds is 4. The Morgan fingerprint density at radius 1 is 1.04 bits per heavy atom. The molecule has 8 heteroatoms. The van der Waals surface area contributed by atoms with Crippen LogP contribution in [0, 0.1) is 0 Å². The number of aromatic amines is 1. The highest BCUT2D eigenvalue weighted by Crippen LogP contribution is 2.37. The van der Waals surface area contributed by atoms with Crippen LogP contribution in [0.1, 0.15) is 0 Å². The van der Waals surface area contributed by atoms with E-state index in [-0.39, 0.29) is 0 Å². The van der Waals surface area contributed by atoms with Crippen LogP contribution in [-0.4, -0.2) is 29.2 Å². The Morgan fingerprint density at radius 2 is 1.81 bits per heavy atom. The minimum atomic E-state index is 0.431. The molecule has 0 spiro atoms. The van der Waals surface area contributed by atoms with Gasteiger partial charge >= 0.3 is 0 Å². The maximum Gasteiger partial charge on any atom is 0.162 e. The average molecular weight is 389 g/mol. The number of nitrogens with zero attached hydrogens (tertiary/aromatic N) is 2. The number of aromatic nitrogens is 3. The van der Waals surface area contributed by atoms with Gasteiger partial charge in [-0.1, -0.05) is 29.3 Å². The van der Waals surface area contributed by atoms with Gasteiger partial charge in [-0.15, -0.1) is 0 Å². The van der Waals surface area contributed by atoms with Gasteiger partial charge < -0.3 is 19.8 Å². The zero-order chi connectivity index (χ0) is 18.3. The van der Waals surface area contributed by atoms with Crippen molar-refractivity contribution >= 4 is 56.6 Å². The van der Waals surface area contributed by atoms with Gasteiger partial charge in [-0.3, -0.25) is 0 Å². The number of fused-ring (bicyclic) bond motifs is 3. The first-order valence-corrected chi connectivity index (χ1v) is 8.47. The number of ether oxygens (including phenoxy) is 2. The summed E-state index contributed by atoms with van der Waals surface area (Å²) in [4.78, 5) is 12.1. The molecule has 0 atom stereocenters. The van der Waals surface area contributed by atoms with Gasteiger partial charge in [-0.2, -0.15) is 0 Å². The molecule has 0 aliphatic carbocycles. The van der Waals surface area contributed by atoms with Crippen molar-refractivity contribution in [2.24, 2.45) is 0 Å². The lowest BCUT2D eigenvalue weighted by atomic mass is 10.2. The van der Waals surface area contributed by atoms with Crippen LogP contribution < -0.4 is 14.8 Å². The minimum Gasteiger partial charge on any atom is -0.493 e. The molecule has 0 aliphatic heterocycles. The highest BCUT2D eigenvalue weighted by molar-refractivity contribution is 6.43. The lowest BCUT2D eigenvalue weighted by Gasteiger charge is -2.09. The SMILES string of the molecule is COc1cc2[nH]c3c(Nc4cccc(Cl)c4Cl)ncnc3c2cc1OC. The first-order valence-electron chi connectivity index (χ1n) is 7.72. The summed E-state index contributed by atoms with van der Waals surface area (Å²) in [5.74, 6) is 1.85. The standard InChI is InChI=1S/C18H14Cl2N4O2/c1-25-13-6-9-12(7-14(13)26-2)23-17-16(9)21-8-22-18(17)24-11-5-3-4-10(19)15(11)20/h3-8,23H,1-2H3,(H,21,22,24). The topological polar surface area (TPSA) is 72.1 Å². The Balaban J connectivity index is 1.90. The molecule has 0 saturated carbocycles. The van der Waals surface area contributed by atoms with Gasteiger partial charge in [0.2, 0.25) is 0 Å². The number of hydrogen-bond acceptors (Lipinski definition) is 5. The van der Waals surface area contributed by atoms with Gasteiger partial charge in [-0.25, -0.2) is 9.97 Å². The molecular weight excluding hydrogens is 375 g/mol. The first kappa shape index (κ1) is 16.8. The normalized spacial score (nSPS) is 11.1. The number of methoxy groups -OCH3 is 2. The van der Waals surface area contributed by atoms with Crippen molar-refractivity contribution in [3.8, 4) is 11.5 Å². The molecule has 0 amide bonds. The molecule has 26 heavy (non-hydrogen) atoms. The predicted molar refractivity (Wildman–Crippen MR) is 104 cm³/mol. The molecule has 6 nitrogen and oxygen atoms in total. The fourth-order valence-corrected chi connectivity index (χ4v) is 3.19. The molecular formula is C18H14Cl2N4O2. The maximum atomic E-state index is 6.27. The van der Waals surface area contributed by atoms with E-state index in [0.717, 1.165) is 21.9 Å². The van der Waals surface area contributed by atoms with E-state index in [0.29, 0.717) is 33.0 Å². The molecule has 2 heterocycles. The third kappa shape index (κ3) is 2.67. The minimum absolute atomic E-state index is 0.431. The summed E-state index contributed by atoms with van der Waals surface area (Å²) in [5, 5.41) is 5.01. The third-order valence-corrected chi connectivity index (χ3v) is 4.91. The molecule has 0 bridgehead atoms. The van der Waals surface area contributed by atoms with Crippen molar-refractivity contribution in [2.75, 3.05) is 19.5 Å². The lowest BCUT2D eigenvalue weighted by Crippen LogP contribution is -1.96. The summed E-state index contributed by atoms with van der Waals surface area (Å²) in [5.41, 5.74) is 3.02. The smallest absolute Gasteiger partial charge is 0.162 e. The van der Waals surface area contributed by atoms with Crippen molar-refractivity contribution < 1.29 is 9.47 Å². The molecule has 0 radical (unpaired) electrons. The highest BCUT2D eigenvalue weighted by atomic mass is 35.5. The number of anilines is 2. The van der Waals surface area contributed by atoms with Crippen molar-refractivity contribution in [1.29, 1.82) is 0 Å². The quantitative estimate of drug-likeness (QED) is 0.503. The van der Waals surface area contributed by atoms with Crippen LogP contribution in [0.15, 0.2) is 36.7 Å². The molecule has 132 valence electrons. The second kappa shape index (κ2) is 6.55. The number of hydrogen-bond donors (Lipinski definition) is 2. The van der Waals surface area contributed by atoms with Crippen LogP contribution in [0.2, 0.25) is 10.0 Å². The molecule has 2 N–H and O–H groups in total. The first-order chi connectivity index (χ1) is 12.6. The zero-order valence-electron chi connectivity index (χ0n) is 13.9. The molecule has 0 unspecified atom stereocenters. The van der Waals surface area contributed by atoms with Crippen molar-refractivity contribution in [2.45, 2.75) is 0 Å². The van der Waals surface area contributed by atoms with E-state index in [1.54, 1.807) is 20.3 Å². The predicted octanol–water partition coefficient (Wildman–Crippen LogP) is 5.18. The molecule has 4 rings (SSSR count). The van der Waals surface area contributed by atoms with Crippen molar-refractivity contribution in [1.82, 2.24) is 15.0 Å². The zero-order valence-corrected chi connectivity index (χ0v) is 15.4. The second-order valence-electron chi connectivity index (χ2n) is 5.55. The largest absolute Gasteiger partial charge is 0.493 e. The molecule has 2 aromatic heterocycles. The Kier molecular flexibility index (Phi) is 4.22. The second-order valence-corrected chi connectivity index (χ2v) is 6.34. The molecule has 0 saturated heterocycles. The summed E-state index contributed by atoms with van der Waals surface area (Å²) in [7, 11) is 3.20. The van der Waals surface area contributed by atoms with Gasteiger partial charge in [0.25, 0.3) is 0 Å². The summed E-state index contributed by atoms with van der Waals surface area (Å²) >= 11 is 12.4. The monoisotopic (exact) mass is 388 g/mol. The van der Waals surface area contributed by atoms with E-state index in [9.17, 15) is 0 Å². The number of benzene rings is 2. The number of nitrogens with one attached hydrogen (secondary N) is 2. The van der Waals surface area contributed by atoms with Crippen LogP contribution in [-0.2, 0) is 0 Å². The van der Waals surface area contributed by atoms with E-state index < -0.39 is 0 Å². The summed E-state index contributed by atoms with van der Waals surface area (Å²) in [6.07, 6.45) is 1.49. The van der Waals surface area contributed by atoms with E-state index in [4.69, 9.17) is 32.7 Å². The molecule has 4 aromatic rings. The van der Waals surface area contributed by atoms with Crippen molar-refractivity contribution in [3.63, 3.8) is 0 Å². The summed E-state index contributed by atoms with van der Waals surface area (Å²) < 4.78 is 10.8. The summed E-state index contributed by atoms with van der Waals surface area (Å²) in [6, 6.07) is 9.13. The summed E-state index contributed by atoms with van der Waals surface area (Å²) in [6.45, 7) is 0. The van der Waals surface area contributed by atoms with Crippen LogP contribution in [0.5, 0.6) is 11.5 Å². The van der Waals surface area contributed by atoms with Crippen LogP contribution >= 0.6 is 23.2 Å². The van der Waals surface area contributed by atoms with E-state index >= 15 is 0 Å². The maximum absolute atomic E-state index is 6.27. The van der Waals surface area contributed by atoms with Crippen LogP contribution in [0.25, 0.3) is 21.9 Å². The lowest BCUT2D eigenvalue weighted by molar-refractivity contribution is 0.356. The van der Waals surface area contributed by atoms with E-state index in [1.807, 2.05) is 24.3 Å². The number of halogens is 2. The number of H-pyrrole nitrogens is 1. The molecule has 0 aliphatic rings. The Labute approximate surface area is 159 Å². The van der Waals surface area contributed by atoms with Crippen LogP contribution in [0.4, 0.5) is 11.5 Å². The Hall–Kier alpha value is -2.70. The van der Waals surface area contributed by atoms with Crippen LogP contribution in [0.3, 0.4) is 0 Å². The van der Waals surface area contributed by atoms with Gasteiger partial charge in [0.05, 0.1) is 35.5 Å². The van der Waals surface area contributed by atoms with Gasteiger partial charge in [0.1, 0.15) is 17.4 Å². The average Bonchev–Trinajstić information content (AvgIpc) is 3.02. The van der Waals surface area contributed by atoms with E-state index in [2.05, 4.69) is 20.3 Å². The Bertz CT molecular complexity index is 1130. The van der Waals surface area contributed by atoms with Gasteiger partial charge in [0, 0.05) is 11.5 Å². The fraction of sp³-hybridized carbons (Fsp3) is 0.111. The van der Waals surface area contributed by atoms with E-state index in [1.165, 1.54) is 6.33 Å². The third-order valence-electron chi connectivity index (χ3n) is 4.09. The van der Waals surface area contributed by atoms with Gasteiger partial charge in [-0.05, 0) is 18.2 Å². The van der Waals surface area contributed by atoms with Crippen molar-refractivity contribution in [3.05, 3.63) is 46.7 Å². The molecule has 2 aromatic carbocycles.